The molecule has 1 spiro atoms. The van der Waals surface area contributed by atoms with E-state index < -0.39 is 5.60 Å². The maximum Gasteiger partial charge on any atom is 0.230 e. The summed E-state index contributed by atoms with van der Waals surface area (Å²) >= 11 is 0. The molecule has 4 bridgehead atoms. The molecule has 6 fully saturated rings. The van der Waals surface area contributed by atoms with Gasteiger partial charge in [-0.3, -0.25) is 9.59 Å². The van der Waals surface area contributed by atoms with Crippen LogP contribution in [0.2, 0.25) is 0 Å². The van der Waals surface area contributed by atoms with Crippen LogP contribution in [0.3, 0.4) is 0 Å². The van der Waals surface area contributed by atoms with Gasteiger partial charge in [0, 0.05) is 33.1 Å². The van der Waals surface area contributed by atoms with Crippen LogP contribution in [0.25, 0.3) is 0 Å². The van der Waals surface area contributed by atoms with Gasteiger partial charge in [-0.2, -0.15) is 0 Å². The first-order valence-corrected chi connectivity index (χ1v) is 10.6. The summed E-state index contributed by atoms with van der Waals surface area (Å²) < 4.78 is 0. The summed E-state index contributed by atoms with van der Waals surface area (Å²) in [6.45, 7) is 2.19. The number of hydrogen-bond donors (Lipinski definition) is 1. The van der Waals surface area contributed by atoms with Crippen molar-refractivity contribution in [3.8, 4) is 0 Å². The summed E-state index contributed by atoms with van der Waals surface area (Å²) in [5.41, 5.74) is -0.792. The molecule has 4 aliphatic carbocycles. The van der Waals surface area contributed by atoms with E-state index in [1.165, 1.54) is 6.42 Å². The largest absolute Gasteiger partial charge is 0.390 e. The summed E-state index contributed by atoms with van der Waals surface area (Å²) in [5.74, 6) is 1.71. The molecule has 0 aromatic carbocycles. The molecule has 2 heterocycles. The molecule has 2 amide bonds. The van der Waals surface area contributed by atoms with E-state index in [-0.39, 0.29) is 22.6 Å². The Morgan fingerprint density at radius 3 is 2.58 bits per heavy atom. The highest BCUT2D eigenvalue weighted by atomic mass is 16.3. The number of amides is 2. The predicted molar refractivity (Wildman–Crippen MR) is 97.2 cm³/mol. The van der Waals surface area contributed by atoms with Crippen molar-refractivity contribution in [2.45, 2.75) is 69.8 Å². The van der Waals surface area contributed by atoms with Crippen LogP contribution < -0.4 is 0 Å². The van der Waals surface area contributed by atoms with E-state index in [9.17, 15) is 14.7 Å². The van der Waals surface area contributed by atoms with Crippen molar-refractivity contribution < 1.29 is 14.7 Å². The van der Waals surface area contributed by atoms with Gasteiger partial charge in [0.25, 0.3) is 0 Å². The predicted octanol–water partition coefficient (Wildman–Crippen LogP) is 2.18. The fraction of sp³-hybridized carbons (Fsp3) is 0.905. The molecule has 5 nitrogen and oxygen atoms in total. The highest BCUT2D eigenvalue weighted by Gasteiger charge is 2.58. The average molecular weight is 360 g/mol. The van der Waals surface area contributed by atoms with Crippen molar-refractivity contribution in [3.05, 3.63) is 0 Å². The third-order valence-corrected chi connectivity index (χ3v) is 8.33. The molecule has 3 atom stereocenters. The molecule has 0 aromatic rings. The van der Waals surface area contributed by atoms with E-state index in [0.29, 0.717) is 24.8 Å². The Hall–Kier alpha value is -1.10. The molecule has 0 unspecified atom stereocenters. The fourth-order valence-corrected chi connectivity index (χ4v) is 7.77. The fourth-order valence-electron chi connectivity index (χ4n) is 7.77. The lowest BCUT2D eigenvalue weighted by molar-refractivity contribution is -0.171. The number of rotatable bonds is 2. The standard InChI is InChI=1S/C21H32N2O3/c1-22-5-2-3-20(18(22)25)4-6-23(14-20)17(24)12-19-8-15-7-16(9-19)11-21(26,10-15)13-19/h15-16,26H,2-14H2,1H3/t15-,16-,19?,20+,21?/m0/s1. The summed E-state index contributed by atoms with van der Waals surface area (Å²) in [5, 5.41) is 10.9. The second kappa shape index (κ2) is 5.46. The van der Waals surface area contributed by atoms with Gasteiger partial charge >= 0.3 is 0 Å². The second-order valence-corrected chi connectivity index (χ2v) is 10.5. The Balaban J connectivity index is 1.29. The van der Waals surface area contributed by atoms with Crippen molar-refractivity contribution in [2.24, 2.45) is 22.7 Å². The van der Waals surface area contributed by atoms with Crippen molar-refractivity contribution in [3.63, 3.8) is 0 Å². The molecule has 2 saturated heterocycles. The lowest BCUT2D eigenvalue weighted by Gasteiger charge is -2.60. The van der Waals surface area contributed by atoms with Crippen LogP contribution in [-0.2, 0) is 9.59 Å². The van der Waals surface area contributed by atoms with Gasteiger partial charge in [-0.15, -0.1) is 0 Å². The topological polar surface area (TPSA) is 60.9 Å². The highest BCUT2D eigenvalue weighted by Crippen LogP contribution is 2.63. The van der Waals surface area contributed by atoms with Crippen molar-refractivity contribution in [2.75, 3.05) is 26.7 Å². The summed E-state index contributed by atoms with van der Waals surface area (Å²) in [4.78, 5) is 29.7. The molecule has 144 valence electrons. The third-order valence-electron chi connectivity index (χ3n) is 8.33. The lowest BCUT2D eigenvalue weighted by Crippen LogP contribution is -2.56. The van der Waals surface area contributed by atoms with Gasteiger partial charge < -0.3 is 14.9 Å². The first kappa shape index (κ1) is 17.0. The minimum atomic E-state index is -0.501. The van der Waals surface area contributed by atoms with E-state index >= 15 is 0 Å². The van der Waals surface area contributed by atoms with Gasteiger partial charge in [0.15, 0.2) is 0 Å². The summed E-state index contributed by atoms with van der Waals surface area (Å²) in [6.07, 6.45) is 9.61. The Morgan fingerprint density at radius 2 is 1.88 bits per heavy atom. The molecule has 6 rings (SSSR count). The maximum absolute atomic E-state index is 13.2. The molecular weight excluding hydrogens is 328 g/mol. The van der Waals surface area contributed by atoms with Crippen LogP contribution in [-0.4, -0.2) is 59.0 Å². The van der Waals surface area contributed by atoms with E-state index in [2.05, 4.69) is 0 Å². The third kappa shape index (κ3) is 2.53. The zero-order valence-corrected chi connectivity index (χ0v) is 16.0. The van der Waals surface area contributed by atoms with Gasteiger partial charge in [0.2, 0.25) is 11.8 Å². The minimum absolute atomic E-state index is 0.0268. The molecule has 26 heavy (non-hydrogen) atoms. The van der Waals surface area contributed by atoms with Gasteiger partial charge in [-0.1, -0.05) is 0 Å². The first-order chi connectivity index (χ1) is 12.3. The van der Waals surface area contributed by atoms with Crippen molar-refractivity contribution >= 4 is 11.8 Å². The number of hydrogen-bond acceptors (Lipinski definition) is 3. The van der Waals surface area contributed by atoms with Gasteiger partial charge in [0.05, 0.1) is 11.0 Å². The molecule has 0 aromatic heterocycles. The SMILES string of the molecule is CN1CCC[C@]2(CCN(C(=O)CC34C[C@@H]5C[C@H](CC(O)(C5)C3)C4)C2)C1=O. The number of likely N-dealkylation sites (tertiary alicyclic amines) is 2. The lowest BCUT2D eigenvalue weighted by atomic mass is 9.47. The Morgan fingerprint density at radius 1 is 1.15 bits per heavy atom. The van der Waals surface area contributed by atoms with Crippen LogP contribution in [0.15, 0.2) is 0 Å². The Bertz CT molecular complexity index is 633. The number of piperidine rings is 1. The van der Waals surface area contributed by atoms with Gasteiger partial charge in [-0.05, 0) is 75.0 Å². The van der Waals surface area contributed by atoms with E-state index in [0.717, 1.165) is 64.5 Å². The monoisotopic (exact) mass is 360 g/mol. The number of carbonyl (C=O) groups excluding carboxylic acids is 2. The molecule has 6 aliphatic rings. The zero-order chi connectivity index (χ0) is 18.2. The van der Waals surface area contributed by atoms with Gasteiger partial charge in [-0.25, -0.2) is 0 Å². The molecular formula is C21H32N2O3. The van der Waals surface area contributed by atoms with Crippen molar-refractivity contribution in [1.29, 1.82) is 0 Å². The van der Waals surface area contributed by atoms with Crippen molar-refractivity contribution in [1.82, 2.24) is 9.80 Å². The summed E-state index contributed by atoms with van der Waals surface area (Å²) in [7, 11) is 1.89. The first-order valence-electron chi connectivity index (χ1n) is 10.6. The second-order valence-electron chi connectivity index (χ2n) is 10.5. The smallest absolute Gasteiger partial charge is 0.230 e. The van der Waals surface area contributed by atoms with Crippen LogP contribution in [0, 0.1) is 22.7 Å². The highest BCUT2D eigenvalue weighted by molar-refractivity contribution is 5.86. The average Bonchev–Trinajstić information content (AvgIpc) is 2.95. The summed E-state index contributed by atoms with van der Waals surface area (Å²) in [6, 6.07) is 0. The van der Waals surface area contributed by atoms with E-state index in [1.54, 1.807) is 0 Å². The number of aliphatic hydroxyl groups is 1. The Labute approximate surface area is 156 Å². The quantitative estimate of drug-likeness (QED) is 0.821. The molecule has 2 aliphatic heterocycles. The molecule has 5 heteroatoms. The number of carbonyl (C=O) groups is 2. The van der Waals surface area contributed by atoms with Crippen LogP contribution >= 0.6 is 0 Å². The zero-order valence-electron chi connectivity index (χ0n) is 16.0. The van der Waals surface area contributed by atoms with Gasteiger partial charge in [0.1, 0.15) is 0 Å². The molecule has 1 N–H and O–H groups in total. The maximum atomic E-state index is 13.2. The molecule has 0 radical (unpaired) electrons. The Kier molecular flexibility index (Phi) is 3.58. The van der Waals surface area contributed by atoms with Crippen LogP contribution in [0.4, 0.5) is 0 Å². The van der Waals surface area contributed by atoms with Crippen LogP contribution in [0.1, 0.15) is 64.2 Å². The minimum Gasteiger partial charge on any atom is -0.390 e. The number of nitrogens with zero attached hydrogens (tertiary/aromatic N) is 2. The van der Waals surface area contributed by atoms with Crippen LogP contribution in [0.5, 0.6) is 0 Å². The van der Waals surface area contributed by atoms with E-state index in [1.807, 2.05) is 16.8 Å². The molecule has 4 saturated carbocycles. The van der Waals surface area contributed by atoms with E-state index in [4.69, 9.17) is 0 Å². The normalized spacial score (nSPS) is 47.2.